The van der Waals surface area contributed by atoms with E-state index in [1.54, 1.807) is 0 Å². The number of rotatable bonds is 5. The smallest absolute Gasteiger partial charge is 0.223 e. The van der Waals surface area contributed by atoms with E-state index in [2.05, 4.69) is 58.5 Å². The maximum Gasteiger partial charge on any atom is 0.223 e. The second kappa shape index (κ2) is 9.46. The number of nitrogens with one attached hydrogen (secondary N) is 1. The molecular weight excluding hydrogens is 430 g/mol. The molecule has 0 unspecified atom stereocenters. The number of fused-ring (bicyclic) bond motifs is 1. The van der Waals surface area contributed by atoms with Crippen molar-refractivity contribution in [1.82, 2.24) is 19.9 Å². The summed E-state index contributed by atoms with van der Waals surface area (Å²) >= 11 is 6.00. The monoisotopic (exact) mass is 457 g/mol. The van der Waals surface area contributed by atoms with Crippen LogP contribution < -0.4 is 5.32 Å². The highest BCUT2D eigenvalue weighted by atomic mass is 35.5. The number of aromatic nitrogens is 3. The van der Waals surface area contributed by atoms with Crippen molar-refractivity contribution in [3.8, 4) is 11.1 Å². The second-order valence-electron chi connectivity index (χ2n) is 8.82. The topological polar surface area (TPSA) is 53.9 Å². The number of likely N-dealkylation sites (tertiary alicyclic amines) is 1. The number of benzene rings is 2. The molecule has 3 heterocycles. The van der Waals surface area contributed by atoms with E-state index in [9.17, 15) is 0 Å². The first kappa shape index (κ1) is 21.8. The summed E-state index contributed by atoms with van der Waals surface area (Å²) in [4.78, 5) is 16.5. The highest BCUT2D eigenvalue weighted by Gasteiger charge is 2.20. The van der Waals surface area contributed by atoms with Gasteiger partial charge in [-0.25, -0.2) is 9.97 Å². The fourth-order valence-electron chi connectivity index (χ4n) is 4.57. The van der Waals surface area contributed by atoms with Crippen molar-refractivity contribution in [3.63, 3.8) is 0 Å². The molecule has 0 amide bonds. The summed E-state index contributed by atoms with van der Waals surface area (Å²) in [6.45, 7) is 7.18. The fourth-order valence-corrected chi connectivity index (χ4v) is 4.69. The molecule has 1 saturated heterocycles. The molecule has 0 radical (unpaired) electrons. The minimum Gasteiger partial charge on any atom is -0.351 e. The molecule has 33 heavy (non-hydrogen) atoms. The van der Waals surface area contributed by atoms with E-state index in [0.717, 1.165) is 76.9 Å². The second-order valence-corrected chi connectivity index (χ2v) is 9.26. The van der Waals surface area contributed by atoms with Crippen LogP contribution in [0.4, 0.5) is 5.95 Å². The van der Waals surface area contributed by atoms with Crippen molar-refractivity contribution in [2.24, 2.45) is 0 Å². The molecule has 0 aliphatic carbocycles. The number of hydrogen-bond donors (Lipinski definition) is 1. The third-order valence-electron chi connectivity index (χ3n) is 6.44. The molecule has 6 heteroatoms. The van der Waals surface area contributed by atoms with Crippen LogP contribution in [0.5, 0.6) is 0 Å². The highest BCUT2D eigenvalue weighted by Crippen LogP contribution is 2.27. The molecule has 2 aromatic carbocycles. The van der Waals surface area contributed by atoms with E-state index in [-0.39, 0.29) is 0 Å². The zero-order valence-electron chi connectivity index (χ0n) is 19.1. The van der Waals surface area contributed by atoms with Gasteiger partial charge in [-0.05, 0) is 68.1 Å². The molecule has 1 N–H and O–H groups in total. The van der Waals surface area contributed by atoms with Crippen molar-refractivity contribution in [3.05, 3.63) is 82.8 Å². The van der Waals surface area contributed by atoms with E-state index in [0.29, 0.717) is 6.04 Å². The quantitative estimate of drug-likeness (QED) is 0.396. The number of pyridine rings is 1. The van der Waals surface area contributed by atoms with Crippen molar-refractivity contribution in [2.45, 2.75) is 39.3 Å². The Morgan fingerprint density at radius 2 is 1.76 bits per heavy atom. The molecule has 2 aromatic heterocycles. The Balaban J connectivity index is 1.25. The van der Waals surface area contributed by atoms with Crippen molar-refractivity contribution in [1.29, 1.82) is 0 Å². The van der Waals surface area contributed by atoms with Gasteiger partial charge in [0.05, 0.1) is 11.2 Å². The SMILES string of the molecule is Cc1ncccc1-c1ccc2nc(NC3CCN(Cc4ccc(Cl)cc4)CC3)nc(C)c2c1. The molecule has 0 bridgehead atoms. The van der Waals surface area contributed by atoms with Gasteiger partial charge in [-0.15, -0.1) is 0 Å². The van der Waals surface area contributed by atoms with Gasteiger partial charge in [-0.3, -0.25) is 9.88 Å². The first-order valence-electron chi connectivity index (χ1n) is 11.5. The Labute approximate surface area is 199 Å². The van der Waals surface area contributed by atoms with E-state index < -0.39 is 0 Å². The van der Waals surface area contributed by atoms with Gasteiger partial charge in [0.15, 0.2) is 0 Å². The van der Waals surface area contributed by atoms with Gasteiger partial charge < -0.3 is 5.32 Å². The van der Waals surface area contributed by atoms with Crippen LogP contribution in [0.2, 0.25) is 5.02 Å². The van der Waals surface area contributed by atoms with Gasteiger partial charge in [0.2, 0.25) is 5.95 Å². The molecule has 1 aliphatic rings. The van der Waals surface area contributed by atoms with Crippen LogP contribution in [0.25, 0.3) is 22.0 Å². The number of anilines is 1. The number of halogens is 1. The molecule has 0 saturated carbocycles. The highest BCUT2D eigenvalue weighted by molar-refractivity contribution is 6.30. The number of hydrogen-bond acceptors (Lipinski definition) is 5. The summed E-state index contributed by atoms with van der Waals surface area (Å²) in [6, 6.07) is 19.0. The summed E-state index contributed by atoms with van der Waals surface area (Å²) in [5.74, 6) is 0.724. The normalized spacial score (nSPS) is 15.1. The van der Waals surface area contributed by atoms with Gasteiger partial charge >= 0.3 is 0 Å². The number of nitrogens with zero attached hydrogens (tertiary/aromatic N) is 4. The minimum atomic E-state index is 0.389. The molecule has 4 aromatic rings. The van der Waals surface area contributed by atoms with Crippen LogP contribution in [0.3, 0.4) is 0 Å². The summed E-state index contributed by atoms with van der Waals surface area (Å²) in [5, 5.41) is 5.46. The molecule has 1 fully saturated rings. The van der Waals surface area contributed by atoms with Gasteiger partial charge in [-0.2, -0.15) is 0 Å². The Kier molecular flexibility index (Phi) is 6.25. The largest absolute Gasteiger partial charge is 0.351 e. The number of aryl methyl sites for hydroxylation is 2. The molecule has 1 aliphatic heterocycles. The van der Waals surface area contributed by atoms with E-state index in [4.69, 9.17) is 21.6 Å². The first-order valence-corrected chi connectivity index (χ1v) is 11.9. The van der Waals surface area contributed by atoms with Crippen LogP contribution in [-0.2, 0) is 6.54 Å². The van der Waals surface area contributed by atoms with Crippen LogP contribution in [-0.4, -0.2) is 39.0 Å². The maximum atomic E-state index is 6.00. The third-order valence-corrected chi connectivity index (χ3v) is 6.70. The zero-order valence-corrected chi connectivity index (χ0v) is 19.8. The van der Waals surface area contributed by atoms with Gasteiger partial charge in [-0.1, -0.05) is 35.9 Å². The van der Waals surface area contributed by atoms with E-state index in [1.807, 2.05) is 31.3 Å². The predicted octanol–water partition coefficient (Wildman–Crippen LogP) is 6.04. The van der Waals surface area contributed by atoms with E-state index in [1.165, 1.54) is 5.56 Å². The lowest BCUT2D eigenvalue weighted by Gasteiger charge is -2.32. The Bertz CT molecular complexity index is 1260. The predicted molar refractivity (Wildman–Crippen MR) is 136 cm³/mol. The van der Waals surface area contributed by atoms with Gasteiger partial charge in [0.1, 0.15) is 0 Å². The lowest BCUT2D eigenvalue weighted by atomic mass is 10.0. The fraction of sp³-hybridized carbons (Fsp3) is 0.296. The Hall–Kier alpha value is -3.02. The van der Waals surface area contributed by atoms with Crippen molar-refractivity contribution < 1.29 is 0 Å². The molecule has 5 rings (SSSR count). The zero-order chi connectivity index (χ0) is 22.8. The maximum absolute atomic E-state index is 6.00. The average molecular weight is 458 g/mol. The number of piperidine rings is 1. The summed E-state index contributed by atoms with van der Waals surface area (Å²) in [6.07, 6.45) is 3.98. The summed E-state index contributed by atoms with van der Waals surface area (Å²) in [7, 11) is 0. The Morgan fingerprint density at radius 3 is 2.52 bits per heavy atom. The first-order chi connectivity index (χ1) is 16.0. The lowest BCUT2D eigenvalue weighted by Crippen LogP contribution is -2.39. The Morgan fingerprint density at radius 1 is 0.970 bits per heavy atom. The molecule has 168 valence electrons. The molecule has 0 spiro atoms. The molecular formula is C27H28ClN5. The van der Waals surface area contributed by atoms with Crippen LogP contribution >= 0.6 is 11.6 Å². The van der Waals surface area contributed by atoms with Crippen LogP contribution in [0, 0.1) is 13.8 Å². The van der Waals surface area contributed by atoms with E-state index >= 15 is 0 Å². The molecule has 0 atom stereocenters. The minimum absolute atomic E-state index is 0.389. The van der Waals surface area contributed by atoms with Crippen molar-refractivity contribution in [2.75, 3.05) is 18.4 Å². The average Bonchev–Trinajstić information content (AvgIpc) is 2.82. The summed E-state index contributed by atoms with van der Waals surface area (Å²) in [5.41, 5.74) is 6.58. The van der Waals surface area contributed by atoms with Gasteiger partial charge in [0, 0.05) is 53.5 Å². The van der Waals surface area contributed by atoms with Crippen LogP contribution in [0.1, 0.15) is 29.8 Å². The standard InChI is InChI=1S/C27H28ClN5/c1-18-24(4-3-13-29-18)21-7-10-26-25(16-21)19(2)30-27(32-26)31-23-11-14-33(15-12-23)17-20-5-8-22(28)9-6-20/h3-10,13,16,23H,11-12,14-15,17H2,1-2H3,(H,30,31,32). The lowest BCUT2D eigenvalue weighted by molar-refractivity contribution is 0.211. The van der Waals surface area contributed by atoms with Gasteiger partial charge in [0.25, 0.3) is 0 Å². The van der Waals surface area contributed by atoms with Crippen LogP contribution in [0.15, 0.2) is 60.8 Å². The third kappa shape index (κ3) is 5.00. The molecule has 5 nitrogen and oxygen atoms in total. The van der Waals surface area contributed by atoms with Crippen molar-refractivity contribution >= 4 is 28.5 Å². The summed E-state index contributed by atoms with van der Waals surface area (Å²) < 4.78 is 0.